The Kier molecular flexibility index (Phi) is 4.39. The fraction of sp³-hybridized carbons (Fsp3) is 0.357. The molecule has 0 aromatic carbocycles. The van der Waals surface area contributed by atoms with Gasteiger partial charge in [-0.3, -0.25) is 4.79 Å². The molecule has 0 fully saturated rings. The van der Waals surface area contributed by atoms with E-state index >= 15 is 0 Å². The molecule has 2 heterocycles. The Balaban J connectivity index is 2.15. The Hall–Kier alpha value is -1.17. The molecule has 0 unspecified atom stereocenters. The molecule has 19 heavy (non-hydrogen) atoms. The summed E-state index contributed by atoms with van der Waals surface area (Å²) in [4.78, 5) is 16.6. The van der Waals surface area contributed by atoms with Gasteiger partial charge in [-0.25, -0.2) is 0 Å². The molecule has 0 aliphatic rings. The van der Waals surface area contributed by atoms with Crippen molar-refractivity contribution in [1.29, 1.82) is 0 Å². The van der Waals surface area contributed by atoms with Crippen molar-refractivity contribution in [2.75, 3.05) is 0 Å². The molecule has 1 amide bonds. The van der Waals surface area contributed by atoms with Gasteiger partial charge in [0.1, 0.15) is 0 Å². The van der Waals surface area contributed by atoms with Crippen molar-refractivity contribution >= 4 is 28.6 Å². The number of rotatable bonds is 5. The first-order valence-electron chi connectivity index (χ1n) is 6.10. The quantitative estimate of drug-likeness (QED) is 0.921. The van der Waals surface area contributed by atoms with Crippen LogP contribution in [0.15, 0.2) is 35.0 Å². The topological polar surface area (TPSA) is 46.3 Å². The van der Waals surface area contributed by atoms with Crippen LogP contribution in [0, 0.1) is 0 Å². The maximum absolute atomic E-state index is 12.4. The van der Waals surface area contributed by atoms with Gasteiger partial charge in [-0.1, -0.05) is 12.1 Å². The van der Waals surface area contributed by atoms with Crippen LogP contribution in [0.2, 0.25) is 0 Å². The Morgan fingerprint density at radius 1 is 1.16 bits per heavy atom. The maximum Gasteiger partial charge on any atom is 0.242 e. The van der Waals surface area contributed by atoms with Crippen LogP contribution in [-0.4, -0.2) is 16.3 Å². The van der Waals surface area contributed by atoms with Gasteiger partial charge in [0.15, 0.2) is 0 Å². The normalized spacial score (nSPS) is 11.5. The number of nitrogens with two attached hydrogens (primary N) is 1. The third-order valence-electron chi connectivity index (χ3n) is 2.69. The number of carbonyl (C=O) groups is 1. The molecular formula is C14H18N2OS2. The standard InChI is InChI=1S/C14H18N2OS2/c1-14(2,15)13(17)16(9-11-5-3-7-18-11)10-12-6-4-8-19-12/h3-8H,9-10,15H2,1-2H3. The van der Waals surface area contributed by atoms with E-state index in [1.165, 1.54) is 9.75 Å². The summed E-state index contributed by atoms with van der Waals surface area (Å²) < 4.78 is 0. The Labute approximate surface area is 121 Å². The summed E-state index contributed by atoms with van der Waals surface area (Å²) in [6.07, 6.45) is 0. The molecule has 2 aromatic rings. The molecule has 102 valence electrons. The average molecular weight is 294 g/mol. The maximum atomic E-state index is 12.4. The van der Waals surface area contributed by atoms with Gasteiger partial charge in [0, 0.05) is 9.75 Å². The summed E-state index contributed by atoms with van der Waals surface area (Å²) in [5.41, 5.74) is 5.11. The number of carbonyl (C=O) groups excluding carboxylic acids is 1. The van der Waals surface area contributed by atoms with E-state index in [-0.39, 0.29) is 5.91 Å². The number of amides is 1. The molecular weight excluding hydrogens is 276 g/mol. The molecule has 0 radical (unpaired) electrons. The molecule has 0 aliphatic heterocycles. The Bertz CT molecular complexity index is 476. The molecule has 0 saturated heterocycles. The summed E-state index contributed by atoms with van der Waals surface area (Å²) in [5.74, 6) is -0.0192. The molecule has 5 heteroatoms. The van der Waals surface area contributed by atoms with Crippen molar-refractivity contribution in [3.63, 3.8) is 0 Å². The van der Waals surface area contributed by atoms with E-state index in [4.69, 9.17) is 5.73 Å². The van der Waals surface area contributed by atoms with E-state index in [0.29, 0.717) is 13.1 Å². The predicted molar refractivity (Wildman–Crippen MR) is 81.2 cm³/mol. The first kappa shape index (κ1) is 14.2. The van der Waals surface area contributed by atoms with Crippen molar-refractivity contribution in [3.8, 4) is 0 Å². The van der Waals surface area contributed by atoms with E-state index in [9.17, 15) is 4.79 Å². The largest absolute Gasteiger partial charge is 0.331 e. The van der Waals surface area contributed by atoms with Gasteiger partial charge in [-0.15, -0.1) is 22.7 Å². The first-order valence-corrected chi connectivity index (χ1v) is 7.86. The van der Waals surface area contributed by atoms with E-state index < -0.39 is 5.54 Å². The number of nitrogens with zero attached hydrogens (tertiary/aromatic N) is 1. The third-order valence-corrected chi connectivity index (χ3v) is 4.41. The highest BCUT2D eigenvalue weighted by atomic mass is 32.1. The van der Waals surface area contributed by atoms with Crippen LogP contribution in [0.4, 0.5) is 0 Å². The van der Waals surface area contributed by atoms with Crippen LogP contribution in [0.3, 0.4) is 0 Å². The fourth-order valence-corrected chi connectivity index (χ4v) is 3.23. The van der Waals surface area contributed by atoms with Crippen molar-refractivity contribution < 1.29 is 4.79 Å². The Morgan fingerprint density at radius 2 is 1.63 bits per heavy atom. The van der Waals surface area contributed by atoms with E-state index in [1.54, 1.807) is 36.5 Å². The van der Waals surface area contributed by atoms with Crippen molar-refractivity contribution in [2.24, 2.45) is 5.73 Å². The van der Waals surface area contributed by atoms with E-state index in [1.807, 2.05) is 39.9 Å². The molecule has 0 spiro atoms. The van der Waals surface area contributed by atoms with E-state index in [0.717, 1.165) is 0 Å². The highest BCUT2D eigenvalue weighted by Gasteiger charge is 2.28. The molecule has 0 saturated carbocycles. The van der Waals surface area contributed by atoms with Crippen LogP contribution in [-0.2, 0) is 17.9 Å². The second-order valence-electron chi connectivity index (χ2n) is 5.04. The second kappa shape index (κ2) is 5.86. The van der Waals surface area contributed by atoms with E-state index in [2.05, 4.69) is 0 Å². The molecule has 2 rings (SSSR count). The number of hydrogen-bond donors (Lipinski definition) is 1. The lowest BCUT2D eigenvalue weighted by atomic mass is 10.1. The smallest absolute Gasteiger partial charge is 0.242 e. The lowest BCUT2D eigenvalue weighted by Gasteiger charge is -2.28. The summed E-state index contributed by atoms with van der Waals surface area (Å²) in [6.45, 7) is 4.75. The van der Waals surface area contributed by atoms with Crippen LogP contribution in [0.1, 0.15) is 23.6 Å². The first-order chi connectivity index (χ1) is 8.97. The summed E-state index contributed by atoms with van der Waals surface area (Å²) in [5, 5.41) is 4.05. The van der Waals surface area contributed by atoms with Crippen LogP contribution < -0.4 is 5.73 Å². The summed E-state index contributed by atoms with van der Waals surface area (Å²) in [7, 11) is 0. The van der Waals surface area contributed by atoms with Gasteiger partial charge in [0.25, 0.3) is 0 Å². The molecule has 0 atom stereocenters. The minimum Gasteiger partial charge on any atom is -0.331 e. The van der Waals surface area contributed by atoms with Crippen LogP contribution in [0.5, 0.6) is 0 Å². The lowest BCUT2D eigenvalue weighted by Crippen LogP contribution is -2.50. The highest BCUT2D eigenvalue weighted by Crippen LogP contribution is 2.19. The van der Waals surface area contributed by atoms with Crippen molar-refractivity contribution in [3.05, 3.63) is 44.8 Å². The second-order valence-corrected chi connectivity index (χ2v) is 7.11. The van der Waals surface area contributed by atoms with Crippen LogP contribution >= 0.6 is 22.7 Å². The third kappa shape index (κ3) is 3.89. The average Bonchev–Trinajstić information content (AvgIpc) is 2.98. The molecule has 2 aromatic heterocycles. The van der Waals surface area contributed by atoms with Gasteiger partial charge in [-0.2, -0.15) is 0 Å². The zero-order valence-corrected chi connectivity index (χ0v) is 12.8. The predicted octanol–water partition coefficient (Wildman–Crippen LogP) is 3.08. The zero-order valence-electron chi connectivity index (χ0n) is 11.1. The van der Waals surface area contributed by atoms with Gasteiger partial charge < -0.3 is 10.6 Å². The van der Waals surface area contributed by atoms with Crippen molar-refractivity contribution in [2.45, 2.75) is 32.5 Å². The highest BCUT2D eigenvalue weighted by molar-refractivity contribution is 7.10. The molecule has 0 bridgehead atoms. The fourth-order valence-electron chi connectivity index (χ4n) is 1.79. The minimum atomic E-state index is -0.839. The zero-order chi connectivity index (χ0) is 13.9. The van der Waals surface area contributed by atoms with Crippen LogP contribution in [0.25, 0.3) is 0 Å². The van der Waals surface area contributed by atoms with Gasteiger partial charge in [-0.05, 0) is 36.7 Å². The van der Waals surface area contributed by atoms with Gasteiger partial charge in [0.2, 0.25) is 5.91 Å². The van der Waals surface area contributed by atoms with Gasteiger partial charge in [0.05, 0.1) is 18.6 Å². The number of thiophene rings is 2. The lowest BCUT2D eigenvalue weighted by molar-refractivity contribution is -0.137. The molecule has 2 N–H and O–H groups in total. The van der Waals surface area contributed by atoms with Crippen molar-refractivity contribution in [1.82, 2.24) is 4.90 Å². The Morgan fingerprint density at radius 3 is 1.95 bits per heavy atom. The molecule has 0 aliphatic carbocycles. The monoisotopic (exact) mass is 294 g/mol. The SMILES string of the molecule is CC(C)(N)C(=O)N(Cc1cccs1)Cc1cccs1. The minimum absolute atomic E-state index is 0.0192. The van der Waals surface area contributed by atoms with Gasteiger partial charge >= 0.3 is 0 Å². The summed E-state index contributed by atoms with van der Waals surface area (Å²) >= 11 is 3.32. The molecule has 3 nitrogen and oxygen atoms in total. The summed E-state index contributed by atoms with van der Waals surface area (Å²) in [6, 6.07) is 8.09. The number of hydrogen-bond acceptors (Lipinski definition) is 4.